The molecule has 19 heavy (non-hydrogen) atoms. The van der Waals surface area contributed by atoms with Gasteiger partial charge in [0.25, 0.3) is 0 Å². The Hall–Kier alpha value is -0.650. The largest absolute Gasteiger partial charge is 0.485 e. The Balaban J connectivity index is 2.07. The highest BCUT2D eigenvalue weighted by Gasteiger charge is 2.12. The van der Waals surface area contributed by atoms with Crippen molar-refractivity contribution in [3.05, 3.63) is 48.5 Å². The van der Waals surface area contributed by atoms with Gasteiger partial charge in [-0.3, -0.25) is 4.79 Å². The molecule has 100 valence electrons. The Morgan fingerprint density at radius 3 is 2.42 bits per heavy atom. The van der Waals surface area contributed by atoms with E-state index >= 15 is 0 Å². The SMILES string of the molecule is Cc1cc(OCC(=O)c2sccc2Br)cc(C)c1Br. The molecule has 0 aliphatic heterocycles. The highest BCUT2D eigenvalue weighted by atomic mass is 79.9. The molecule has 1 aromatic carbocycles. The first kappa shape index (κ1) is 14.8. The molecule has 0 aliphatic rings. The molecule has 0 amide bonds. The summed E-state index contributed by atoms with van der Waals surface area (Å²) < 4.78 is 7.48. The third-order valence-corrected chi connectivity index (χ3v) is 5.78. The van der Waals surface area contributed by atoms with E-state index in [1.54, 1.807) is 0 Å². The van der Waals surface area contributed by atoms with Gasteiger partial charge in [-0.1, -0.05) is 15.9 Å². The van der Waals surface area contributed by atoms with Gasteiger partial charge in [-0.15, -0.1) is 11.3 Å². The van der Waals surface area contributed by atoms with Gasteiger partial charge in [0.1, 0.15) is 5.75 Å². The lowest BCUT2D eigenvalue weighted by atomic mass is 10.1. The molecule has 0 fully saturated rings. The predicted octanol–water partition coefficient (Wildman–Crippen LogP) is 5.15. The minimum atomic E-state index is -0.0138. The fourth-order valence-electron chi connectivity index (χ4n) is 1.70. The van der Waals surface area contributed by atoms with Gasteiger partial charge in [-0.05, 0) is 64.5 Å². The summed E-state index contributed by atoms with van der Waals surface area (Å²) in [6, 6.07) is 5.72. The Kier molecular flexibility index (Phi) is 4.81. The summed E-state index contributed by atoms with van der Waals surface area (Å²) in [4.78, 5) is 12.7. The maximum absolute atomic E-state index is 12.0. The normalized spacial score (nSPS) is 10.5. The van der Waals surface area contributed by atoms with Crippen LogP contribution in [0.2, 0.25) is 0 Å². The number of ketones is 1. The second kappa shape index (κ2) is 6.20. The molecule has 0 aliphatic carbocycles. The van der Waals surface area contributed by atoms with Crippen LogP contribution in [0.3, 0.4) is 0 Å². The van der Waals surface area contributed by atoms with Gasteiger partial charge in [-0.2, -0.15) is 0 Å². The van der Waals surface area contributed by atoms with E-state index in [2.05, 4.69) is 31.9 Å². The van der Waals surface area contributed by atoms with Crippen molar-refractivity contribution in [3.63, 3.8) is 0 Å². The molecular formula is C14H12Br2O2S. The number of hydrogen-bond acceptors (Lipinski definition) is 3. The van der Waals surface area contributed by atoms with Crippen molar-refractivity contribution in [1.82, 2.24) is 0 Å². The Morgan fingerprint density at radius 1 is 1.26 bits per heavy atom. The average Bonchev–Trinajstić information content (AvgIpc) is 2.79. The van der Waals surface area contributed by atoms with Gasteiger partial charge in [0.15, 0.2) is 6.61 Å². The van der Waals surface area contributed by atoms with Gasteiger partial charge in [0.05, 0.1) is 4.88 Å². The van der Waals surface area contributed by atoms with Crippen LogP contribution in [0, 0.1) is 13.8 Å². The summed E-state index contributed by atoms with van der Waals surface area (Å²) in [6.45, 7) is 4.06. The number of Topliss-reactive ketones (excluding diaryl/α,β-unsaturated/α-hetero) is 1. The summed E-state index contributed by atoms with van der Waals surface area (Å²) in [7, 11) is 0. The summed E-state index contributed by atoms with van der Waals surface area (Å²) in [6.07, 6.45) is 0. The number of benzene rings is 1. The molecule has 2 nitrogen and oxygen atoms in total. The lowest BCUT2D eigenvalue weighted by Gasteiger charge is -2.09. The monoisotopic (exact) mass is 402 g/mol. The van der Waals surface area contributed by atoms with Crippen molar-refractivity contribution in [2.24, 2.45) is 0 Å². The van der Waals surface area contributed by atoms with Crippen LogP contribution < -0.4 is 4.74 Å². The summed E-state index contributed by atoms with van der Waals surface area (Å²) in [5.74, 6) is 0.708. The maximum Gasteiger partial charge on any atom is 0.211 e. The van der Waals surface area contributed by atoms with Crippen molar-refractivity contribution < 1.29 is 9.53 Å². The molecule has 0 atom stereocenters. The molecule has 2 rings (SSSR count). The van der Waals surface area contributed by atoms with Crippen molar-refractivity contribution in [2.75, 3.05) is 6.61 Å². The minimum Gasteiger partial charge on any atom is -0.485 e. The number of carbonyl (C=O) groups is 1. The zero-order valence-electron chi connectivity index (χ0n) is 10.5. The molecule has 1 heterocycles. The average molecular weight is 404 g/mol. The number of rotatable bonds is 4. The van der Waals surface area contributed by atoms with Crippen LogP contribution in [0.1, 0.15) is 20.8 Å². The zero-order valence-corrected chi connectivity index (χ0v) is 14.5. The van der Waals surface area contributed by atoms with Gasteiger partial charge in [0.2, 0.25) is 5.78 Å². The smallest absolute Gasteiger partial charge is 0.211 e. The number of halogens is 2. The fraction of sp³-hybridized carbons (Fsp3) is 0.214. The molecule has 0 radical (unpaired) electrons. The molecular weight excluding hydrogens is 392 g/mol. The molecule has 5 heteroatoms. The van der Waals surface area contributed by atoms with E-state index in [0.717, 1.165) is 25.8 Å². The maximum atomic E-state index is 12.0. The lowest BCUT2D eigenvalue weighted by Crippen LogP contribution is -2.10. The van der Waals surface area contributed by atoms with Gasteiger partial charge in [-0.25, -0.2) is 0 Å². The van der Waals surface area contributed by atoms with Crippen LogP contribution >= 0.6 is 43.2 Å². The highest BCUT2D eigenvalue weighted by molar-refractivity contribution is 9.11. The van der Waals surface area contributed by atoms with E-state index in [0.29, 0.717) is 4.88 Å². The first-order valence-electron chi connectivity index (χ1n) is 5.64. The summed E-state index contributed by atoms with van der Waals surface area (Å²) >= 11 is 8.28. The molecule has 0 N–H and O–H groups in total. The number of carbonyl (C=O) groups excluding carboxylic acids is 1. The number of thiophene rings is 1. The second-order valence-electron chi connectivity index (χ2n) is 4.18. The van der Waals surface area contributed by atoms with Gasteiger partial charge in [0, 0.05) is 8.95 Å². The van der Waals surface area contributed by atoms with Gasteiger partial charge >= 0.3 is 0 Å². The van der Waals surface area contributed by atoms with Crippen molar-refractivity contribution in [1.29, 1.82) is 0 Å². The predicted molar refractivity (Wildman–Crippen MR) is 85.5 cm³/mol. The lowest BCUT2D eigenvalue weighted by molar-refractivity contribution is 0.0925. The van der Waals surface area contributed by atoms with E-state index < -0.39 is 0 Å². The number of aryl methyl sites for hydroxylation is 2. The Labute approximate surface area is 133 Å². The van der Waals surface area contributed by atoms with Crippen LogP contribution in [0.5, 0.6) is 5.75 Å². The highest BCUT2D eigenvalue weighted by Crippen LogP contribution is 2.27. The molecule has 0 unspecified atom stereocenters. The van der Waals surface area contributed by atoms with Crippen LogP contribution in [-0.2, 0) is 0 Å². The standard InChI is InChI=1S/C14H12Br2O2S/c1-8-5-10(6-9(2)13(8)16)18-7-12(17)14-11(15)3-4-19-14/h3-6H,7H2,1-2H3. The second-order valence-corrected chi connectivity index (χ2v) is 6.74. The Bertz CT molecular complexity index is 597. The molecule has 0 bridgehead atoms. The molecule has 0 saturated heterocycles. The van der Waals surface area contributed by atoms with Gasteiger partial charge < -0.3 is 4.74 Å². The van der Waals surface area contributed by atoms with Crippen molar-refractivity contribution in [2.45, 2.75) is 13.8 Å². The number of hydrogen-bond donors (Lipinski definition) is 0. The van der Waals surface area contributed by atoms with Crippen LogP contribution in [0.25, 0.3) is 0 Å². The molecule has 0 saturated carbocycles. The third kappa shape index (κ3) is 3.46. The summed E-state index contributed by atoms with van der Waals surface area (Å²) in [5.41, 5.74) is 2.19. The Morgan fingerprint density at radius 2 is 1.89 bits per heavy atom. The number of ether oxygens (including phenoxy) is 1. The third-order valence-electron chi connectivity index (χ3n) is 2.65. The minimum absolute atomic E-state index is 0.0138. The topological polar surface area (TPSA) is 26.3 Å². The molecule has 0 spiro atoms. The molecule has 1 aromatic heterocycles. The van der Waals surface area contributed by atoms with Crippen LogP contribution in [0.15, 0.2) is 32.5 Å². The summed E-state index contributed by atoms with van der Waals surface area (Å²) in [5, 5.41) is 1.88. The molecule has 2 aromatic rings. The first-order chi connectivity index (χ1) is 8.99. The quantitative estimate of drug-likeness (QED) is 0.659. The van der Waals surface area contributed by atoms with Crippen molar-refractivity contribution in [3.8, 4) is 5.75 Å². The fourth-order valence-corrected chi connectivity index (χ4v) is 3.45. The van der Waals surface area contributed by atoms with E-state index in [1.807, 2.05) is 37.4 Å². The van der Waals surface area contributed by atoms with E-state index in [1.165, 1.54) is 11.3 Å². The van der Waals surface area contributed by atoms with Crippen LogP contribution in [-0.4, -0.2) is 12.4 Å². The van der Waals surface area contributed by atoms with E-state index in [4.69, 9.17) is 4.74 Å². The van der Waals surface area contributed by atoms with E-state index in [-0.39, 0.29) is 12.4 Å². The van der Waals surface area contributed by atoms with Crippen molar-refractivity contribution >= 4 is 49.0 Å². The van der Waals surface area contributed by atoms with Crippen LogP contribution in [0.4, 0.5) is 0 Å². The zero-order chi connectivity index (χ0) is 14.0. The van der Waals surface area contributed by atoms with E-state index in [9.17, 15) is 4.79 Å². The first-order valence-corrected chi connectivity index (χ1v) is 8.11.